The second-order valence-corrected chi connectivity index (χ2v) is 9.41. The highest BCUT2D eigenvalue weighted by atomic mass is 33.1. The molecule has 0 atom stereocenters. The summed E-state index contributed by atoms with van der Waals surface area (Å²) in [6.45, 7) is 0. The summed E-state index contributed by atoms with van der Waals surface area (Å²) in [6, 6.07) is 17.4. The van der Waals surface area contributed by atoms with Crippen molar-refractivity contribution in [3.8, 4) is 0 Å². The van der Waals surface area contributed by atoms with Gasteiger partial charge in [0.1, 0.15) is 0 Å². The monoisotopic (exact) mass is 380 g/mol. The van der Waals surface area contributed by atoms with Gasteiger partial charge in [-0.15, -0.1) is 0 Å². The van der Waals surface area contributed by atoms with E-state index in [0.29, 0.717) is 0 Å². The molecule has 134 valence electrons. The van der Waals surface area contributed by atoms with Crippen molar-refractivity contribution in [2.24, 2.45) is 14.1 Å². The minimum absolute atomic E-state index is 1.13. The first-order valence-corrected chi connectivity index (χ1v) is 11.5. The van der Waals surface area contributed by atoms with E-state index in [4.69, 9.17) is 0 Å². The molecule has 0 saturated heterocycles. The molecule has 0 aliphatic rings. The van der Waals surface area contributed by atoms with Crippen LogP contribution in [0.1, 0.15) is 11.1 Å². The molecular weight excluding hydrogens is 356 g/mol. The van der Waals surface area contributed by atoms with Gasteiger partial charge < -0.3 is 9.13 Å². The Kier molecular flexibility index (Phi) is 5.32. The molecule has 2 nitrogen and oxygen atoms in total. The third-order valence-corrected chi connectivity index (χ3v) is 7.36. The van der Waals surface area contributed by atoms with Crippen LogP contribution < -0.4 is 0 Å². The molecule has 2 aromatic heterocycles. The molecule has 0 amide bonds. The summed E-state index contributed by atoms with van der Waals surface area (Å²) < 4.78 is 4.48. The van der Waals surface area contributed by atoms with Gasteiger partial charge in [0.15, 0.2) is 0 Å². The van der Waals surface area contributed by atoms with Crippen molar-refractivity contribution in [1.82, 2.24) is 9.13 Å². The van der Waals surface area contributed by atoms with Gasteiger partial charge in [-0.25, -0.2) is 0 Å². The molecule has 2 aromatic carbocycles. The first-order valence-electron chi connectivity index (χ1n) is 9.04. The van der Waals surface area contributed by atoms with Crippen LogP contribution in [-0.4, -0.2) is 20.6 Å². The number of aromatic nitrogens is 2. The summed E-state index contributed by atoms with van der Waals surface area (Å²) in [5, 5.41) is 2.80. The Labute approximate surface area is 163 Å². The molecule has 4 aromatic rings. The molecule has 0 unspecified atom stereocenters. The van der Waals surface area contributed by atoms with Crippen LogP contribution in [0.5, 0.6) is 0 Å². The van der Waals surface area contributed by atoms with E-state index < -0.39 is 0 Å². The van der Waals surface area contributed by atoms with Crippen molar-refractivity contribution in [3.05, 3.63) is 72.1 Å². The highest BCUT2D eigenvalue weighted by Crippen LogP contribution is 2.28. The largest absolute Gasteiger partial charge is 0.350 e. The molecule has 0 fully saturated rings. The fourth-order valence-electron chi connectivity index (χ4n) is 3.67. The van der Waals surface area contributed by atoms with Gasteiger partial charge in [0.05, 0.1) is 0 Å². The molecule has 0 spiro atoms. The maximum Gasteiger partial charge on any atom is 0.0480 e. The minimum atomic E-state index is 1.13. The summed E-state index contributed by atoms with van der Waals surface area (Å²) in [4.78, 5) is 0. The van der Waals surface area contributed by atoms with E-state index in [2.05, 4.69) is 84.2 Å². The van der Waals surface area contributed by atoms with Crippen molar-refractivity contribution in [2.45, 2.75) is 12.8 Å². The third kappa shape index (κ3) is 3.53. The zero-order chi connectivity index (χ0) is 17.9. The van der Waals surface area contributed by atoms with E-state index in [-0.39, 0.29) is 0 Å². The van der Waals surface area contributed by atoms with Gasteiger partial charge in [-0.05, 0) is 36.1 Å². The van der Waals surface area contributed by atoms with Crippen LogP contribution in [-0.2, 0) is 26.9 Å². The van der Waals surface area contributed by atoms with Gasteiger partial charge >= 0.3 is 0 Å². The van der Waals surface area contributed by atoms with E-state index in [0.717, 1.165) is 24.3 Å². The molecule has 2 heterocycles. The van der Waals surface area contributed by atoms with E-state index in [9.17, 15) is 0 Å². The third-order valence-electron chi connectivity index (χ3n) is 4.95. The maximum atomic E-state index is 2.28. The normalized spacial score (nSPS) is 11.6. The second kappa shape index (κ2) is 7.85. The van der Waals surface area contributed by atoms with E-state index in [1.807, 2.05) is 21.6 Å². The fourth-order valence-corrected chi connectivity index (χ4v) is 5.72. The van der Waals surface area contributed by atoms with Crippen LogP contribution in [0, 0.1) is 0 Å². The first-order chi connectivity index (χ1) is 12.7. The van der Waals surface area contributed by atoms with Gasteiger partial charge in [-0.3, -0.25) is 0 Å². The predicted molar refractivity (Wildman–Crippen MR) is 118 cm³/mol. The molecule has 4 rings (SSSR count). The van der Waals surface area contributed by atoms with Crippen LogP contribution in [0.3, 0.4) is 0 Å². The lowest BCUT2D eigenvalue weighted by Gasteiger charge is -2.01. The topological polar surface area (TPSA) is 9.86 Å². The Morgan fingerprint density at radius 2 is 1.08 bits per heavy atom. The van der Waals surface area contributed by atoms with E-state index >= 15 is 0 Å². The molecular formula is C22H24N2S2. The van der Waals surface area contributed by atoms with Crippen LogP contribution in [0.25, 0.3) is 21.8 Å². The summed E-state index contributed by atoms with van der Waals surface area (Å²) in [5.74, 6) is 2.32. The highest BCUT2D eigenvalue weighted by Gasteiger charge is 2.07. The van der Waals surface area contributed by atoms with Crippen molar-refractivity contribution >= 4 is 43.4 Å². The zero-order valence-corrected chi connectivity index (χ0v) is 16.9. The number of aryl methyl sites for hydroxylation is 4. The van der Waals surface area contributed by atoms with Crippen LogP contribution >= 0.6 is 21.6 Å². The van der Waals surface area contributed by atoms with Gasteiger partial charge in [-0.2, -0.15) is 0 Å². The Hall–Kier alpha value is -1.78. The molecule has 0 bridgehead atoms. The lowest BCUT2D eigenvalue weighted by molar-refractivity contribution is 0.955. The van der Waals surface area contributed by atoms with Gasteiger partial charge in [0.2, 0.25) is 0 Å². The lowest BCUT2D eigenvalue weighted by Crippen LogP contribution is -1.88. The quantitative estimate of drug-likeness (QED) is 0.294. The molecule has 0 aliphatic heterocycles. The van der Waals surface area contributed by atoms with E-state index in [1.165, 1.54) is 32.9 Å². The highest BCUT2D eigenvalue weighted by molar-refractivity contribution is 8.76. The molecule has 26 heavy (non-hydrogen) atoms. The predicted octanol–water partition coefficient (Wildman–Crippen LogP) is 5.84. The summed E-state index contributed by atoms with van der Waals surface area (Å²) in [7, 11) is 8.27. The fraction of sp³-hybridized carbons (Fsp3) is 0.273. The van der Waals surface area contributed by atoms with Crippen molar-refractivity contribution in [1.29, 1.82) is 0 Å². The van der Waals surface area contributed by atoms with Crippen molar-refractivity contribution in [3.63, 3.8) is 0 Å². The molecule has 4 heteroatoms. The number of fused-ring (bicyclic) bond motifs is 2. The van der Waals surface area contributed by atoms with Gasteiger partial charge in [-0.1, -0.05) is 58.0 Å². The first kappa shape index (κ1) is 17.6. The average molecular weight is 381 g/mol. The van der Waals surface area contributed by atoms with Crippen LogP contribution in [0.4, 0.5) is 0 Å². The molecule has 0 saturated carbocycles. The number of benzene rings is 2. The Bertz CT molecular complexity index is 945. The minimum Gasteiger partial charge on any atom is -0.350 e. The zero-order valence-electron chi connectivity index (χ0n) is 15.3. The Balaban J connectivity index is 1.28. The molecule has 0 N–H and O–H groups in total. The smallest absolute Gasteiger partial charge is 0.0480 e. The van der Waals surface area contributed by atoms with Crippen molar-refractivity contribution in [2.75, 3.05) is 11.5 Å². The Morgan fingerprint density at radius 1 is 0.654 bits per heavy atom. The van der Waals surface area contributed by atoms with E-state index in [1.54, 1.807) is 0 Å². The van der Waals surface area contributed by atoms with Crippen LogP contribution in [0.2, 0.25) is 0 Å². The summed E-state index contributed by atoms with van der Waals surface area (Å²) >= 11 is 0. The average Bonchev–Trinajstić information content (AvgIpc) is 3.16. The SMILES string of the molecule is Cn1cc(CCSSCCc2cn(C)c3ccccc23)c2ccccc21. The van der Waals surface area contributed by atoms with Crippen molar-refractivity contribution < 1.29 is 0 Å². The second-order valence-electron chi connectivity index (χ2n) is 6.71. The standard InChI is InChI=1S/C22H24N2S2/c1-23-15-17(19-7-3-5-9-21(19)23)11-13-25-26-14-12-18-16-24(2)22-10-6-4-8-20(18)22/h3-10,15-16H,11-14H2,1-2H3. The number of hydrogen-bond donors (Lipinski definition) is 0. The number of para-hydroxylation sites is 2. The number of hydrogen-bond acceptors (Lipinski definition) is 2. The molecule has 0 radical (unpaired) electrons. The Morgan fingerprint density at radius 3 is 1.54 bits per heavy atom. The number of rotatable bonds is 7. The lowest BCUT2D eigenvalue weighted by atomic mass is 10.1. The summed E-state index contributed by atoms with van der Waals surface area (Å²) in [5.41, 5.74) is 5.59. The van der Waals surface area contributed by atoms with Gasteiger partial charge in [0, 0.05) is 59.8 Å². The van der Waals surface area contributed by atoms with Crippen LogP contribution in [0.15, 0.2) is 60.9 Å². The maximum absolute atomic E-state index is 2.28. The van der Waals surface area contributed by atoms with Gasteiger partial charge in [0.25, 0.3) is 0 Å². The summed E-state index contributed by atoms with van der Waals surface area (Å²) in [6.07, 6.45) is 6.83. The molecule has 0 aliphatic carbocycles. The number of nitrogens with zero attached hydrogens (tertiary/aromatic N) is 2.